The third kappa shape index (κ3) is 3.07. The van der Waals surface area contributed by atoms with E-state index < -0.39 is 17.5 Å². The predicted octanol–water partition coefficient (Wildman–Crippen LogP) is 2.76. The smallest absolute Gasteiger partial charge is 0.325 e. The number of fused-ring (bicyclic) bond motifs is 1. The van der Waals surface area contributed by atoms with Gasteiger partial charge in [-0.3, -0.25) is 14.5 Å². The summed E-state index contributed by atoms with van der Waals surface area (Å²) in [7, 11) is 0. The Hall–Kier alpha value is -3.06. The van der Waals surface area contributed by atoms with Gasteiger partial charge in [0.15, 0.2) is 17.3 Å². The van der Waals surface area contributed by atoms with Crippen molar-refractivity contribution >= 4 is 29.3 Å². The van der Waals surface area contributed by atoms with E-state index in [0.29, 0.717) is 40.9 Å². The van der Waals surface area contributed by atoms with Crippen LogP contribution in [0.3, 0.4) is 0 Å². The molecule has 28 heavy (non-hydrogen) atoms. The van der Waals surface area contributed by atoms with E-state index in [1.807, 2.05) is 0 Å². The molecule has 0 spiro atoms. The molecule has 0 aromatic heterocycles. The molecule has 1 N–H and O–H groups in total. The molecule has 1 fully saturated rings. The van der Waals surface area contributed by atoms with Gasteiger partial charge in [0.05, 0.1) is 6.54 Å². The van der Waals surface area contributed by atoms with Gasteiger partial charge >= 0.3 is 6.03 Å². The largest absolute Gasteiger partial charge is 0.486 e. The second-order valence-corrected chi connectivity index (χ2v) is 7.17. The van der Waals surface area contributed by atoms with Crippen molar-refractivity contribution in [2.45, 2.75) is 12.5 Å². The number of nitrogens with zero attached hydrogens (tertiary/aromatic N) is 1. The number of imide groups is 1. The van der Waals surface area contributed by atoms with Crippen LogP contribution >= 0.6 is 11.6 Å². The van der Waals surface area contributed by atoms with Gasteiger partial charge in [0.1, 0.15) is 18.8 Å². The number of halogens is 1. The highest BCUT2D eigenvalue weighted by Crippen LogP contribution is 2.36. The molecule has 2 aliphatic rings. The lowest BCUT2D eigenvalue weighted by molar-refractivity contribution is -0.130. The number of hydrogen-bond acceptors (Lipinski definition) is 5. The van der Waals surface area contributed by atoms with E-state index in [4.69, 9.17) is 21.1 Å². The molecule has 144 valence electrons. The minimum Gasteiger partial charge on any atom is -0.486 e. The summed E-state index contributed by atoms with van der Waals surface area (Å²) in [4.78, 5) is 38.9. The number of rotatable bonds is 4. The average molecular weight is 401 g/mol. The van der Waals surface area contributed by atoms with Crippen molar-refractivity contribution in [3.05, 3.63) is 58.6 Å². The summed E-state index contributed by atoms with van der Waals surface area (Å²) in [6, 6.07) is 10.8. The maximum atomic E-state index is 13.0. The first kappa shape index (κ1) is 18.3. The topological polar surface area (TPSA) is 84.9 Å². The third-order valence-corrected chi connectivity index (χ3v) is 5.11. The third-order valence-electron chi connectivity index (χ3n) is 4.86. The lowest BCUT2D eigenvalue weighted by Gasteiger charge is -2.25. The summed E-state index contributed by atoms with van der Waals surface area (Å²) in [5.41, 5.74) is -0.373. The number of amides is 3. The molecule has 2 aromatic rings. The predicted molar refractivity (Wildman–Crippen MR) is 101 cm³/mol. The van der Waals surface area contributed by atoms with E-state index in [9.17, 15) is 14.4 Å². The molecule has 0 aliphatic carbocycles. The van der Waals surface area contributed by atoms with Gasteiger partial charge in [-0.15, -0.1) is 0 Å². The monoisotopic (exact) mass is 400 g/mol. The van der Waals surface area contributed by atoms with Crippen molar-refractivity contribution in [2.75, 3.05) is 19.8 Å². The fraction of sp³-hybridized carbons (Fsp3) is 0.250. The summed E-state index contributed by atoms with van der Waals surface area (Å²) in [5, 5.41) is 3.18. The Morgan fingerprint density at radius 2 is 1.79 bits per heavy atom. The van der Waals surface area contributed by atoms with Crippen LogP contribution in [-0.4, -0.2) is 42.4 Å². The minimum absolute atomic E-state index is 0.355. The van der Waals surface area contributed by atoms with Crippen LogP contribution in [0.25, 0.3) is 0 Å². The molecular formula is C20H17ClN2O5. The summed E-state index contributed by atoms with van der Waals surface area (Å²) in [6.45, 7) is 2.12. The number of carbonyl (C=O) groups is 3. The van der Waals surface area contributed by atoms with E-state index in [0.717, 1.165) is 4.90 Å². The van der Waals surface area contributed by atoms with Gasteiger partial charge in [-0.2, -0.15) is 0 Å². The summed E-state index contributed by atoms with van der Waals surface area (Å²) >= 11 is 5.83. The quantitative estimate of drug-likeness (QED) is 0.630. The molecule has 2 aromatic carbocycles. The molecule has 7 nitrogen and oxygen atoms in total. The van der Waals surface area contributed by atoms with Crippen molar-refractivity contribution in [1.29, 1.82) is 0 Å². The molecule has 2 heterocycles. The molecule has 2 aliphatic heterocycles. The van der Waals surface area contributed by atoms with Gasteiger partial charge in [0, 0.05) is 10.6 Å². The Labute approximate surface area is 166 Å². The molecule has 1 atom stereocenters. The van der Waals surface area contributed by atoms with Crippen molar-refractivity contribution < 1.29 is 23.9 Å². The zero-order valence-electron chi connectivity index (χ0n) is 15.0. The van der Waals surface area contributed by atoms with Crippen molar-refractivity contribution in [1.82, 2.24) is 10.2 Å². The fourth-order valence-corrected chi connectivity index (χ4v) is 3.39. The first-order chi connectivity index (χ1) is 13.4. The standard InChI is InChI=1S/C20H17ClN2O5/c1-20(13-4-7-16-17(10-13)28-9-8-27-16)18(25)23(19(26)22-20)11-15(24)12-2-5-14(21)6-3-12/h2-7,10H,8-9,11H2,1H3,(H,22,26)/t20-/m1/s1. The van der Waals surface area contributed by atoms with Crippen LogP contribution in [0.15, 0.2) is 42.5 Å². The van der Waals surface area contributed by atoms with E-state index in [1.54, 1.807) is 49.4 Å². The zero-order chi connectivity index (χ0) is 19.9. The fourth-order valence-electron chi connectivity index (χ4n) is 3.26. The number of ether oxygens (including phenoxy) is 2. The number of urea groups is 1. The Morgan fingerprint density at radius 1 is 1.11 bits per heavy atom. The normalized spacial score (nSPS) is 20.9. The number of Topliss-reactive ketones (excluding diaryl/α,β-unsaturated/α-hetero) is 1. The highest BCUT2D eigenvalue weighted by Gasteiger charge is 2.49. The van der Waals surface area contributed by atoms with Crippen LogP contribution in [-0.2, 0) is 10.3 Å². The molecule has 3 amide bonds. The number of hydrogen-bond donors (Lipinski definition) is 1. The zero-order valence-corrected chi connectivity index (χ0v) is 15.8. The average Bonchev–Trinajstić information content (AvgIpc) is 2.92. The second kappa shape index (κ2) is 6.83. The van der Waals surface area contributed by atoms with E-state index >= 15 is 0 Å². The minimum atomic E-state index is -1.30. The number of benzene rings is 2. The molecule has 0 bridgehead atoms. The van der Waals surface area contributed by atoms with Crippen LogP contribution in [0.2, 0.25) is 5.02 Å². The van der Waals surface area contributed by atoms with Crippen LogP contribution in [0, 0.1) is 0 Å². The molecular weight excluding hydrogens is 384 g/mol. The Kier molecular flexibility index (Phi) is 4.47. The van der Waals surface area contributed by atoms with Gasteiger partial charge < -0.3 is 14.8 Å². The molecule has 8 heteroatoms. The van der Waals surface area contributed by atoms with Crippen molar-refractivity contribution in [3.8, 4) is 11.5 Å². The van der Waals surface area contributed by atoms with Gasteiger partial charge in [0.25, 0.3) is 5.91 Å². The van der Waals surface area contributed by atoms with Gasteiger partial charge in [0.2, 0.25) is 0 Å². The molecule has 0 radical (unpaired) electrons. The SMILES string of the molecule is C[C@]1(c2ccc3c(c2)OCCO3)NC(=O)N(CC(=O)c2ccc(Cl)cc2)C1=O. The summed E-state index contributed by atoms with van der Waals surface area (Å²) in [6.07, 6.45) is 0. The van der Waals surface area contributed by atoms with Crippen LogP contribution in [0.1, 0.15) is 22.8 Å². The van der Waals surface area contributed by atoms with Gasteiger partial charge in [-0.25, -0.2) is 4.79 Å². The van der Waals surface area contributed by atoms with Crippen LogP contribution < -0.4 is 14.8 Å². The first-order valence-corrected chi connectivity index (χ1v) is 9.09. The summed E-state index contributed by atoms with van der Waals surface area (Å²) in [5.74, 6) is 0.246. The lowest BCUT2D eigenvalue weighted by atomic mass is 9.91. The first-order valence-electron chi connectivity index (χ1n) is 8.71. The van der Waals surface area contributed by atoms with E-state index in [-0.39, 0.29) is 12.3 Å². The molecule has 1 saturated heterocycles. The number of carbonyl (C=O) groups excluding carboxylic acids is 3. The van der Waals surface area contributed by atoms with Crippen LogP contribution in [0.5, 0.6) is 11.5 Å². The van der Waals surface area contributed by atoms with Crippen LogP contribution in [0.4, 0.5) is 4.79 Å². The Balaban J connectivity index is 1.57. The van der Waals surface area contributed by atoms with Gasteiger partial charge in [-0.1, -0.05) is 17.7 Å². The second-order valence-electron chi connectivity index (χ2n) is 6.73. The van der Waals surface area contributed by atoms with Crippen molar-refractivity contribution in [2.24, 2.45) is 0 Å². The van der Waals surface area contributed by atoms with E-state index in [2.05, 4.69) is 5.32 Å². The maximum absolute atomic E-state index is 13.0. The number of ketones is 1. The van der Waals surface area contributed by atoms with Gasteiger partial charge in [-0.05, 0) is 48.9 Å². The Bertz CT molecular complexity index is 975. The Morgan fingerprint density at radius 3 is 2.50 bits per heavy atom. The van der Waals surface area contributed by atoms with Crippen molar-refractivity contribution in [3.63, 3.8) is 0 Å². The maximum Gasteiger partial charge on any atom is 0.325 e. The van der Waals surface area contributed by atoms with E-state index in [1.165, 1.54) is 0 Å². The molecule has 0 saturated carbocycles. The lowest BCUT2D eigenvalue weighted by Crippen LogP contribution is -2.41. The molecule has 0 unspecified atom stereocenters. The highest BCUT2D eigenvalue weighted by molar-refractivity contribution is 6.30. The number of nitrogens with one attached hydrogen (secondary N) is 1. The summed E-state index contributed by atoms with van der Waals surface area (Å²) < 4.78 is 11.1. The molecule has 4 rings (SSSR count). The highest BCUT2D eigenvalue weighted by atomic mass is 35.5.